The number of nitrogens with one attached hydrogen (secondary N) is 1. The maximum Gasteiger partial charge on any atom is 0.258 e. The molecule has 1 aromatic rings. The highest BCUT2D eigenvalue weighted by Crippen LogP contribution is 1.52. The molecule has 0 saturated carbocycles. The number of aryl methyl sites for hydroxylation is 1. The summed E-state index contributed by atoms with van der Waals surface area (Å²) in [6.07, 6.45) is 0. The molecule has 0 atom stereocenters. The maximum atomic E-state index is 7.00. The van der Waals surface area contributed by atoms with Gasteiger partial charge in [-0.25, -0.2) is 4.68 Å². The predicted octanol–water partition coefficient (Wildman–Crippen LogP) is -2.19. The number of rotatable bonds is 0. The Morgan fingerprint density at radius 2 is 2.25 bits per heavy atom. The first kappa shape index (κ1) is 4.82. The second-order valence-corrected chi connectivity index (χ2v) is 1.37. The SMILES string of the molecule is Cn1nnn(N)c1=N. The van der Waals surface area contributed by atoms with E-state index in [0.717, 1.165) is 4.79 Å². The zero-order valence-corrected chi connectivity index (χ0v) is 4.37. The van der Waals surface area contributed by atoms with Gasteiger partial charge in [-0.1, -0.05) is 0 Å². The summed E-state index contributed by atoms with van der Waals surface area (Å²) >= 11 is 0. The average molecular weight is 114 g/mol. The fourth-order valence-electron chi connectivity index (χ4n) is 0.336. The first-order valence-electron chi connectivity index (χ1n) is 2.00. The second kappa shape index (κ2) is 1.32. The van der Waals surface area contributed by atoms with Crippen LogP contribution in [-0.4, -0.2) is 19.9 Å². The molecule has 0 spiro atoms. The van der Waals surface area contributed by atoms with Gasteiger partial charge in [-0.3, -0.25) is 5.41 Å². The lowest BCUT2D eigenvalue weighted by molar-refractivity contribution is 0.678. The van der Waals surface area contributed by atoms with Crippen molar-refractivity contribution in [2.45, 2.75) is 0 Å². The van der Waals surface area contributed by atoms with Crippen molar-refractivity contribution in [2.24, 2.45) is 7.05 Å². The molecule has 3 N–H and O–H groups in total. The summed E-state index contributed by atoms with van der Waals surface area (Å²) in [5, 5.41) is 13.8. The van der Waals surface area contributed by atoms with Gasteiger partial charge in [-0.2, -0.15) is 0 Å². The van der Waals surface area contributed by atoms with E-state index in [1.165, 1.54) is 4.68 Å². The summed E-state index contributed by atoms with van der Waals surface area (Å²) in [4.78, 5) is 0.889. The van der Waals surface area contributed by atoms with Crippen molar-refractivity contribution in [1.82, 2.24) is 19.9 Å². The molecule has 0 bridgehead atoms. The van der Waals surface area contributed by atoms with E-state index in [0.29, 0.717) is 0 Å². The van der Waals surface area contributed by atoms with Crippen LogP contribution in [-0.2, 0) is 7.05 Å². The van der Waals surface area contributed by atoms with Crippen LogP contribution in [0.15, 0.2) is 0 Å². The van der Waals surface area contributed by atoms with Gasteiger partial charge in [0, 0.05) is 7.05 Å². The van der Waals surface area contributed by atoms with E-state index in [2.05, 4.69) is 10.4 Å². The Kier molecular flexibility index (Phi) is 0.797. The standard InChI is InChI=1S/C2H6N6/c1-7-2(3)8(4)6-5-7/h3H,4H2,1H3. The molecular weight excluding hydrogens is 108 g/mol. The molecule has 1 rings (SSSR count). The van der Waals surface area contributed by atoms with Gasteiger partial charge in [0.15, 0.2) is 0 Å². The van der Waals surface area contributed by atoms with Gasteiger partial charge in [0.2, 0.25) is 0 Å². The van der Waals surface area contributed by atoms with Crippen molar-refractivity contribution in [2.75, 3.05) is 5.84 Å². The molecule has 0 aliphatic carbocycles. The number of hydrogen-bond acceptors (Lipinski definition) is 4. The maximum absolute atomic E-state index is 7.00. The van der Waals surface area contributed by atoms with Gasteiger partial charge in [0.1, 0.15) is 0 Å². The highest BCUT2D eigenvalue weighted by molar-refractivity contribution is 4.44. The van der Waals surface area contributed by atoms with Gasteiger partial charge < -0.3 is 5.84 Å². The zero-order chi connectivity index (χ0) is 6.15. The fourth-order valence-corrected chi connectivity index (χ4v) is 0.336. The molecule has 0 unspecified atom stereocenters. The summed E-state index contributed by atoms with van der Waals surface area (Å²) < 4.78 is 1.26. The lowest BCUT2D eigenvalue weighted by Gasteiger charge is -1.80. The third-order valence-corrected chi connectivity index (χ3v) is 0.794. The molecule has 6 heteroatoms. The van der Waals surface area contributed by atoms with E-state index in [1.54, 1.807) is 7.05 Å². The molecular formula is C2H6N6. The van der Waals surface area contributed by atoms with Crippen LogP contribution in [0.1, 0.15) is 0 Å². The van der Waals surface area contributed by atoms with Crippen LogP contribution in [0.4, 0.5) is 0 Å². The van der Waals surface area contributed by atoms with Crippen LogP contribution in [0.3, 0.4) is 0 Å². The Morgan fingerprint density at radius 1 is 1.62 bits per heavy atom. The van der Waals surface area contributed by atoms with Crippen LogP contribution in [0, 0.1) is 5.41 Å². The van der Waals surface area contributed by atoms with Crippen molar-refractivity contribution >= 4 is 0 Å². The average Bonchev–Trinajstić information content (AvgIpc) is 1.98. The molecule has 0 aliphatic rings. The van der Waals surface area contributed by atoms with E-state index in [-0.39, 0.29) is 5.62 Å². The van der Waals surface area contributed by atoms with Gasteiger partial charge in [-0.05, 0) is 10.4 Å². The van der Waals surface area contributed by atoms with Crippen LogP contribution in [0.2, 0.25) is 0 Å². The molecule has 0 amide bonds. The first-order valence-corrected chi connectivity index (χ1v) is 2.00. The normalized spacial score (nSPS) is 9.62. The van der Waals surface area contributed by atoms with Gasteiger partial charge in [0.25, 0.3) is 5.62 Å². The van der Waals surface area contributed by atoms with E-state index in [4.69, 9.17) is 11.3 Å². The lowest BCUT2D eigenvalue weighted by Crippen LogP contribution is -2.29. The molecule has 6 nitrogen and oxygen atoms in total. The Balaban J connectivity index is 3.42. The minimum Gasteiger partial charge on any atom is -0.318 e. The smallest absolute Gasteiger partial charge is 0.258 e. The van der Waals surface area contributed by atoms with Gasteiger partial charge >= 0.3 is 0 Å². The molecule has 8 heavy (non-hydrogen) atoms. The summed E-state index contributed by atoms with van der Waals surface area (Å²) in [6.45, 7) is 0. The summed E-state index contributed by atoms with van der Waals surface area (Å²) in [6, 6.07) is 0. The predicted molar refractivity (Wildman–Crippen MR) is 25.0 cm³/mol. The third kappa shape index (κ3) is 0.462. The van der Waals surface area contributed by atoms with Gasteiger partial charge in [-0.15, -0.1) is 4.79 Å². The molecule has 1 heterocycles. The Bertz CT molecular complexity index is 206. The fraction of sp³-hybridized carbons (Fsp3) is 0.500. The van der Waals surface area contributed by atoms with Crippen molar-refractivity contribution in [3.05, 3.63) is 5.62 Å². The number of tetrazole rings is 1. The van der Waals surface area contributed by atoms with Crippen LogP contribution < -0.4 is 11.5 Å². The van der Waals surface area contributed by atoms with Gasteiger partial charge in [0.05, 0.1) is 0 Å². The first-order chi connectivity index (χ1) is 3.72. The van der Waals surface area contributed by atoms with Crippen LogP contribution in [0.25, 0.3) is 0 Å². The second-order valence-electron chi connectivity index (χ2n) is 1.37. The number of nitrogens with two attached hydrogens (primary N) is 1. The molecule has 0 fully saturated rings. The van der Waals surface area contributed by atoms with Crippen molar-refractivity contribution in [3.63, 3.8) is 0 Å². The number of nitrogen functional groups attached to an aromatic ring is 1. The van der Waals surface area contributed by atoms with Crippen molar-refractivity contribution in [1.29, 1.82) is 5.41 Å². The van der Waals surface area contributed by atoms with E-state index < -0.39 is 0 Å². The minimum absolute atomic E-state index is 0.0741. The summed E-state index contributed by atoms with van der Waals surface area (Å²) in [5.41, 5.74) is 0.0741. The van der Waals surface area contributed by atoms with Crippen molar-refractivity contribution in [3.8, 4) is 0 Å². The van der Waals surface area contributed by atoms with E-state index in [1.807, 2.05) is 0 Å². The number of aromatic nitrogens is 4. The highest BCUT2D eigenvalue weighted by atomic mass is 15.7. The van der Waals surface area contributed by atoms with Crippen molar-refractivity contribution < 1.29 is 0 Å². The Labute approximate surface area is 45.0 Å². The third-order valence-electron chi connectivity index (χ3n) is 0.794. The number of nitrogens with zero attached hydrogens (tertiary/aromatic N) is 4. The lowest BCUT2D eigenvalue weighted by atomic mass is 11.1. The highest BCUT2D eigenvalue weighted by Gasteiger charge is 1.89. The summed E-state index contributed by atoms with van der Waals surface area (Å²) in [7, 11) is 1.60. The van der Waals surface area contributed by atoms with E-state index in [9.17, 15) is 0 Å². The van der Waals surface area contributed by atoms with Crippen LogP contribution in [0.5, 0.6) is 0 Å². The Hall–Kier alpha value is -1.33. The zero-order valence-electron chi connectivity index (χ0n) is 4.37. The molecule has 44 valence electrons. The molecule has 1 aromatic heterocycles. The molecule has 0 saturated heterocycles. The monoisotopic (exact) mass is 114 g/mol. The molecule has 0 aliphatic heterocycles. The minimum atomic E-state index is 0.0741. The van der Waals surface area contributed by atoms with Crippen LogP contribution >= 0.6 is 0 Å². The molecule has 0 radical (unpaired) electrons. The topological polar surface area (TPSA) is 85.5 Å². The van der Waals surface area contributed by atoms with E-state index >= 15 is 0 Å². The summed E-state index contributed by atoms with van der Waals surface area (Å²) in [5.74, 6) is 5.08. The largest absolute Gasteiger partial charge is 0.318 e. The quantitative estimate of drug-likeness (QED) is 0.376. The number of hydrogen-bond donors (Lipinski definition) is 2. The molecule has 0 aromatic carbocycles. The Morgan fingerprint density at radius 3 is 2.38 bits per heavy atom.